The second-order valence-corrected chi connectivity index (χ2v) is 15.9. The van der Waals surface area contributed by atoms with Gasteiger partial charge in [0.2, 0.25) is 5.91 Å². The molecule has 3 aliphatic rings. The predicted molar refractivity (Wildman–Crippen MR) is 197 cm³/mol. The lowest BCUT2D eigenvalue weighted by Gasteiger charge is -2.47. The number of aliphatic hydroxyl groups is 1. The van der Waals surface area contributed by atoms with E-state index in [0.717, 1.165) is 48.9 Å². The molecule has 1 saturated heterocycles. The van der Waals surface area contributed by atoms with Crippen LogP contribution in [0.2, 0.25) is 0 Å². The van der Waals surface area contributed by atoms with Crippen molar-refractivity contribution in [3.8, 4) is 0 Å². The number of carbonyl (C=O) groups excluding carboxylic acids is 3. The van der Waals surface area contributed by atoms with Crippen molar-refractivity contribution in [3.63, 3.8) is 0 Å². The number of hydrogen-bond acceptors (Lipinski definition) is 5. The number of fused-ring (bicyclic) bond motifs is 2. The number of hydrogen-bond donors (Lipinski definition) is 3. The van der Waals surface area contributed by atoms with Crippen LogP contribution >= 0.6 is 0 Å². The highest BCUT2D eigenvalue weighted by molar-refractivity contribution is 6.00. The number of benzene rings is 3. The molecule has 3 aromatic carbocycles. The fourth-order valence-electron chi connectivity index (χ4n) is 8.24. The molecule has 5 atom stereocenters. The zero-order valence-electron chi connectivity index (χ0n) is 30.2. The molecule has 0 bridgehead atoms. The molecule has 266 valence electrons. The summed E-state index contributed by atoms with van der Waals surface area (Å²) in [6.45, 7) is 10.1. The Morgan fingerprint density at radius 1 is 0.920 bits per heavy atom. The first-order valence-electron chi connectivity index (χ1n) is 18.5. The summed E-state index contributed by atoms with van der Waals surface area (Å²) in [5, 5.41) is 18.3. The van der Waals surface area contributed by atoms with E-state index in [0.29, 0.717) is 42.5 Å². The van der Waals surface area contributed by atoms with E-state index in [1.165, 1.54) is 18.4 Å². The first kappa shape index (κ1) is 35.8. The smallest absolute Gasteiger partial charge is 0.254 e. The van der Waals surface area contributed by atoms with Crippen molar-refractivity contribution < 1.29 is 19.5 Å². The fourth-order valence-corrected chi connectivity index (χ4v) is 8.24. The molecule has 6 rings (SSSR count). The normalized spacial score (nSPS) is 22.1. The molecule has 3 amide bonds. The molecule has 1 aliphatic carbocycles. The van der Waals surface area contributed by atoms with E-state index in [9.17, 15) is 19.5 Å². The van der Waals surface area contributed by atoms with Crippen LogP contribution in [0.25, 0.3) is 0 Å². The molecule has 8 heteroatoms. The molecule has 2 aliphatic heterocycles. The standard InChI is InChI=1S/C42H54N4O4/c1-28-18-19-32(41(50)45-21-20-30-14-8-10-16-33(30)25-45)23-35(28)39(48)43-36(22-29-12-6-5-7-13-29)38(47)27-46-26-34-17-11-9-15-31(34)24-37(46)40(49)44-42(2,3)4/h5-8,10,12-14,16,18-19,23,31,34,36-38,47H,9,11,15,17,20-22,24-27H2,1-4H3,(H,43,48)(H,44,49)/t31?,34?,36-,37?,38+/m0/s1. The average Bonchev–Trinajstić information content (AvgIpc) is 3.10. The van der Waals surface area contributed by atoms with E-state index in [1.54, 1.807) is 12.1 Å². The Balaban J connectivity index is 1.21. The second kappa shape index (κ2) is 15.5. The number of aryl methyl sites for hydroxylation is 1. The molecule has 3 unspecified atom stereocenters. The molecule has 0 spiro atoms. The van der Waals surface area contributed by atoms with Crippen LogP contribution in [0.4, 0.5) is 0 Å². The van der Waals surface area contributed by atoms with Crippen LogP contribution in [-0.2, 0) is 24.2 Å². The van der Waals surface area contributed by atoms with Gasteiger partial charge in [-0.1, -0.05) is 79.9 Å². The van der Waals surface area contributed by atoms with Crippen LogP contribution in [0.15, 0.2) is 72.8 Å². The van der Waals surface area contributed by atoms with E-state index in [2.05, 4.69) is 27.7 Å². The minimum absolute atomic E-state index is 0.00617. The van der Waals surface area contributed by atoms with E-state index in [4.69, 9.17) is 0 Å². The van der Waals surface area contributed by atoms with Gasteiger partial charge in [-0.2, -0.15) is 0 Å². The minimum Gasteiger partial charge on any atom is -0.390 e. The Kier molecular flexibility index (Phi) is 11.1. The van der Waals surface area contributed by atoms with E-state index in [-0.39, 0.29) is 35.8 Å². The highest BCUT2D eigenvalue weighted by atomic mass is 16.3. The maximum Gasteiger partial charge on any atom is 0.254 e. The van der Waals surface area contributed by atoms with Gasteiger partial charge in [-0.05, 0) is 99.6 Å². The number of carbonyl (C=O) groups is 3. The molecule has 2 heterocycles. The number of β-amino-alcohol motifs (C(OH)–C–C–N with tert-alkyl or cyclic N) is 1. The fraction of sp³-hybridized carbons (Fsp3) is 0.500. The van der Waals surface area contributed by atoms with E-state index in [1.807, 2.05) is 81.1 Å². The highest BCUT2D eigenvalue weighted by Gasteiger charge is 2.42. The lowest BCUT2D eigenvalue weighted by molar-refractivity contribution is -0.132. The maximum atomic E-state index is 14.1. The molecule has 0 radical (unpaired) electrons. The van der Waals surface area contributed by atoms with Crippen LogP contribution < -0.4 is 10.6 Å². The number of nitrogens with zero attached hydrogens (tertiary/aromatic N) is 2. The van der Waals surface area contributed by atoms with Crippen molar-refractivity contribution in [3.05, 3.63) is 106 Å². The van der Waals surface area contributed by atoms with Crippen LogP contribution in [-0.4, -0.2) is 76.0 Å². The SMILES string of the molecule is Cc1ccc(C(=O)N2CCc3ccccc3C2)cc1C(=O)N[C@@H](Cc1ccccc1)[C@H](O)CN1CC2CCCCC2CC1C(=O)NC(C)(C)C. The van der Waals surface area contributed by atoms with E-state index >= 15 is 0 Å². The van der Waals surface area contributed by atoms with Crippen molar-refractivity contribution in [2.24, 2.45) is 11.8 Å². The first-order chi connectivity index (χ1) is 23.9. The average molecular weight is 679 g/mol. The summed E-state index contributed by atoms with van der Waals surface area (Å²) in [7, 11) is 0. The largest absolute Gasteiger partial charge is 0.390 e. The molecule has 3 aromatic rings. The number of rotatable bonds is 9. The topological polar surface area (TPSA) is 102 Å². The van der Waals surface area contributed by atoms with Gasteiger partial charge in [-0.3, -0.25) is 19.3 Å². The molecule has 2 fully saturated rings. The van der Waals surface area contributed by atoms with Crippen LogP contribution in [0.3, 0.4) is 0 Å². The van der Waals surface area contributed by atoms with Crippen molar-refractivity contribution >= 4 is 17.7 Å². The maximum absolute atomic E-state index is 14.1. The summed E-state index contributed by atoms with van der Waals surface area (Å²) in [4.78, 5) is 45.4. The molecule has 0 aromatic heterocycles. The van der Waals surface area contributed by atoms with Crippen LogP contribution in [0, 0.1) is 18.8 Å². The van der Waals surface area contributed by atoms with Crippen molar-refractivity contribution in [1.82, 2.24) is 20.4 Å². The van der Waals surface area contributed by atoms with Gasteiger partial charge in [-0.15, -0.1) is 0 Å². The number of amides is 3. The molecule has 50 heavy (non-hydrogen) atoms. The summed E-state index contributed by atoms with van der Waals surface area (Å²) in [5.41, 5.74) is 4.71. The summed E-state index contributed by atoms with van der Waals surface area (Å²) in [6, 6.07) is 22.5. The van der Waals surface area contributed by atoms with Crippen molar-refractivity contribution in [2.45, 2.75) is 103 Å². The summed E-state index contributed by atoms with van der Waals surface area (Å²) in [5.74, 6) is 0.611. The zero-order valence-corrected chi connectivity index (χ0v) is 30.2. The molecular weight excluding hydrogens is 624 g/mol. The monoisotopic (exact) mass is 678 g/mol. The number of likely N-dealkylation sites (tertiary alicyclic amines) is 1. The van der Waals surface area contributed by atoms with Gasteiger partial charge >= 0.3 is 0 Å². The van der Waals surface area contributed by atoms with Crippen molar-refractivity contribution in [2.75, 3.05) is 19.6 Å². The van der Waals surface area contributed by atoms with Gasteiger partial charge in [0.15, 0.2) is 0 Å². The molecule has 8 nitrogen and oxygen atoms in total. The Morgan fingerprint density at radius 2 is 1.62 bits per heavy atom. The third-order valence-electron chi connectivity index (χ3n) is 11.0. The van der Waals surface area contributed by atoms with Gasteiger partial charge in [-0.25, -0.2) is 0 Å². The van der Waals surface area contributed by atoms with Gasteiger partial charge in [0.05, 0.1) is 18.2 Å². The lowest BCUT2D eigenvalue weighted by atomic mass is 9.72. The van der Waals surface area contributed by atoms with Gasteiger partial charge in [0, 0.05) is 42.8 Å². The van der Waals surface area contributed by atoms with Crippen molar-refractivity contribution in [1.29, 1.82) is 0 Å². The Morgan fingerprint density at radius 3 is 2.36 bits per heavy atom. The quantitative estimate of drug-likeness (QED) is 0.270. The third kappa shape index (κ3) is 8.64. The van der Waals surface area contributed by atoms with Gasteiger partial charge in [0.25, 0.3) is 11.8 Å². The van der Waals surface area contributed by atoms with Crippen LogP contribution in [0.5, 0.6) is 0 Å². The highest BCUT2D eigenvalue weighted by Crippen LogP contribution is 2.39. The van der Waals surface area contributed by atoms with E-state index < -0.39 is 12.1 Å². The summed E-state index contributed by atoms with van der Waals surface area (Å²) in [6.07, 6.45) is 5.80. The van der Waals surface area contributed by atoms with Crippen LogP contribution in [0.1, 0.15) is 95.8 Å². The Labute approximate surface area is 297 Å². The summed E-state index contributed by atoms with van der Waals surface area (Å²) >= 11 is 0. The molecular formula is C42H54N4O4. The lowest BCUT2D eigenvalue weighted by Crippen LogP contribution is -2.60. The number of nitrogens with one attached hydrogen (secondary N) is 2. The first-order valence-corrected chi connectivity index (χ1v) is 18.5. The zero-order chi connectivity index (χ0) is 35.4. The Bertz CT molecular complexity index is 1670. The Hall–Kier alpha value is -4.01. The number of aliphatic hydroxyl groups excluding tert-OH is 1. The minimum atomic E-state index is -0.928. The third-order valence-corrected chi connectivity index (χ3v) is 11.0. The van der Waals surface area contributed by atoms with Gasteiger partial charge in [0.1, 0.15) is 0 Å². The molecule has 1 saturated carbocycles. The molecule has 3 N–H and O–H groups in total. The van der Waals surface area contributed by atoms with Gasteiger partial charge < -0.3 is 20.6 Å². The summed E-state index contributed by atoms with van der Waals surface area (Å²) < 4.78 is 0. The second-order valence-electron chi connectivity index (χ2n) is 15.9. The predicted octanol–water partition coefficient (Wildman–Crippen LogP) is 5.69. The number of piperidine rings is 1.